The lowest BCUT2D eigenvalue weighted by Crippen LogP contribution is -2.37. The first-order chi connectivity index (χ1) is 8.22. The molecule has 1 saturated carbocycles. The van der Waals surface area contributed by atoms with Crippen molar-refractivity contribution in [1.29, 1.82) is 0 Å². The van der Waals surface area contributed by atoms with Crippen LogP contribution in [0.15, 0.2) is 18.2 Å². The zero-order valence-corrected chi connectivity index (χ0v) is 11.3. The number of nitrogens with one attached hydrogen (secondary N) is 1. The number of methoxy groups -OCH3 is 1. The molecule has 0 radical (unpaired) electrons. The fraction of sp³-hybridized carbons (Fsp3) is 0.571. The van der Waals surface area contributed by atoms with Crippen LogP contribution in [0.25, 0.3) is 0 Å². The number of benzene rings is 1. The molecule has 0 spiro atoms. The van der Waals surface area contributed by atoms with Gasteiger partial charge in [0.25, 0.3) is 0 Å². The van der Waals surface area contributed by atoms with Gasteiger partial charge in [0.15, 0.2) is 0 Å². The summed E-state index contributed by atoms with van der Waals surface area (Å²) in [6, 6.07) is 6.41. The Hall–Kier alpha value is -0.730. The van der Waals surface area contributed by atoms with Gasteiger partial charge >= 0.3 is 0 Å². The first kappa shape index (κ1) is 12.7. The average Bonchev–Trinajstić information content (AvgIpc) is 2.35. The summed E-state index contributed by atoms with van der Waals surface area (Å²) >= 11 is 6.13. The summed E-state index contributed by atoms with van der Waals surface area (Å²) in [4.78, 5) is 0. The molecule has 1 N–H and O–H groups in total. The Morgan fingerprint density at radius 2 is 2.06 bits per heavy atom. The van der Waals surface area contributed by atoms with E-state index < -0.39 is 0 Å². The second-order valence-corrected chi connectivity index (χ2v) is 5.13. The number of rotatable bonds is 3. The molecule has 2 nitrogen and oxygen atoms in total. The van der Waals surface area contributed by atoms with Gasteiger partial charge in [-0.2, -0.15) is 0 Å². The Morgan fingerprint density at radius 1 is 1.29 bits per heavy atom. The van der Waals surface area contributed by atoms with Gasteiger partial charge in [-0.3, -0.25) is 0 Å². The summed E-state index contributed by atoms with van der Waals surface area (Å²) in [5.74, 6) is 0. The van der Waals surface area contributed by atoms with Crippen molar-refractivity contribution in [3.05, 3.63) is 28.8 Å². The molecule has 0 heterocycles. The molecule has 0 bridgehead atoms. The van der Waals surface area contributed by atoms with Crippen molar-refractivity contribution in [2.24, 2.45) is 0 Å². The highest BCUT2D eigenvalue weighted by Gasteiger charge is 2.25. The van der Waals surface area contributed by atoms with Gasteiger partial charge in [0, 0.05) is 17.8 Å². The zero-order valence-electron chi connectivity index (χ0n) is 10.5. The highest BCUT2D eigenvalue weighted by molar-refractivity contribution is 6.31. The van der Waals surface area contributed by atoms with E-state index in [-0.39, 0.29) is 0 Å². The molecule has 1 fully saturated rings. The minimum absolute atomic E-state index is 0.321. The molecule has 0 aromatic heterocycles. The number of halogens is 1. The second kappa shape index (κ2) is 5.74. The van der Waals surface area contributed by atoms with Crippen molar-refractivity contribution in [2.75, 3.05) is 12.4 Å². The quantitative estimate of drug-likeness (QED) is 0.879. The lowest BCUT2D eigenvalue weighted by atomic mass is 9.92. The maximum Gasteiger partial charge on any atom is 0.0772 e. The molecule has 2 rings (SSSR count). The Balaban J connectivity index is 2.11. The summed E-state index contributed by atoms with van der Waals surface area (Å²) < 4.78 is 5.55. The van der Waals surface area contributed by atoms with E-state index in [2.05, 4.69) is 18.3 Å². The summed E-state index contributed by atoms with van der Waals surface area (Å²) in [6.07, 6.45) is 5.18. The third-order valence-corrected chi connectivity index (χ3v) is 4.02. The van der Waals surface area contributed by atoms with Crippen molar-refractivity contribution in [3.63, 3.8) is 0 Å². The smallest absolute Gasteiger partial charge is 0.0772 e. The van der Waals surface area contributed by atoms with Crippen LogP contribution in [0, 0.1) is 6.92 Å². The van der Waals surface area contributed by atoms with Crippen LogP contribution in [-0.2, 0) is 4.74 Å². The Labute approximate surface area is 108 Å². The normalized spacial score (nSPS) is 24.6. The van der Waals surface area contributed by atoms with Gasteiger partial charge in [0.05, 0.1) is 12.1 Å². The van der Waals surface area contributed by atoms with E-state index in [0.717, 1.165) is 22.7 Å². The largest absolute Gasteiger partial charge is 0.379 e. The summed E-state index contributed by atoms with van der Waals surface area (Å²) in [7, 11) is 1.80. The van der Waals surface area contributed by atoms with E-state index in [4.69, 9.17) is 16.3 Å². The first-order valence-corrected chi connectivity index (χ1v) is 6.64. The van der Waals surface area contributed by atoms with Gasteiger partial charge in [-0.1, -0.05) is 30.5 Å². The number of anilines is 1. The van der Waals surface area contributed by atoms with E-state index in [9.17, 15) is 0 Å². The van der Waals surface area contributed by atoms with Crippen molar-refractivity contribution >= 4 is 17.3 Å². The lowest BCUT2D eigenvalue weighted by molar-refractivity contribution is 0.0606. The monoisotopic (exact) mass is 253 g/mol. The topological polar surface area (TPSA) is 21.3 Å². The number of hydrogen-bond donors (Lipinski definition) is 1. The van der Waals surface area contributed by atoms with Gasteiger partial charge < -0.3 is 10.1 Å². The molecule has 1 aliphatic carbocycles. The first-order valence-electron chi connectivity index (χ1n) is 6.27. The zero-order chi connectivity index (χ0) is 12.3. The highest BCUT2D eigenvalue weighted by Crippen LogP contribution is 2.28. The average molecular weight is 254 g/mol. The molecular weight excluding hydrogens is 234 g/mol. The van der Waals surface area contributed by atoms with Gasteiger partial charge in [-0.25, -0.2) is 0 Å². The van der Waals surface area contributed by atoms with Crippen LogP contribution < -0.4 is 5.32 Å². The Morgan fingerprint density at radius 3 is 2.82 bits per heavy atom. The molecule has 2 unspecified atom stereocenters. The van der Waals surface area contributed by atoms with Gasteiger partial charge in [0.1, 0.15) is 0 Å². The molecule has 1 aromatic rings. The van der Waals surface area contributed by atoms with Gasteiger partial charge in [-0.05, 0) is 37.5 Å². The number of hydrogen-bond acceptors (Lipinski definition) is 2. The maximum absolute atomic E-state index is 6.13. The van der Waals surface area contributed by atoms with Gasteiger partial charge in [-0.15, -0.1) is 0 Å². The van der Waals surface area contributed by atoms with Crippen LogP contribution in [0.3, 0.4) is 0 Å². The molecule has 1 aromatic carbocycles. The van der Waals surface area contributed by atoms with Crippen LogP contribution >= 0.6 is 11.6 Å². The number of ether oxygens (including phenoxy) is 1. The summed E-state index contributed by atoms with van der Waals surface area (Å²) in [6.45, 7) is 2.05. The Kier molecular flexibility index (Phi) is 4.30. The van der Waals surface area contributed by atoms with Gasteiger partial charge in [0.2, 0.25) is 0 Å². The third-order valence-electron chi connectivity index (χ3n) is 3.61. The Bertz CT molecular complexity index is 380. The minimum atomic E-state index is 0.321. The molecule has 0 amide bonds. The van der Waals surface area contributed by atoms with Crippen LogP contribution in [-0.4, -0.2) is 19.3 Å². The van der Waals surface area contributed by atoms with E-state index in [1.165, 1.54) is 19.3 Å². The fourth-order valence-electron chi connectivity index (χ4n) is 2.51. The van der Waals surface area contributed by atoms with Crippen LogP contribution in [0.2, 0.25) is 5.02 Å². The standard InChI is InChI=1S/C14H20ClNO/c1-10-11(15)6-5-8-12(10)16-13-7-3-4-9-14(13)17-2/h5-6,8,13-14,16H,3-4,7,9H2,1-2H3. The van der Waals surface area contributed by atoms with E-state index >= 15 is 0 Å². The summed E-state index contributed by atoms with van der Waals surface area (Å²) in [5, 5.41) is 4.40. The molecule has 2 atom stereocenters. The molecule has 94 valence electrons. The maximum atomic E-state index is 6.13. The predicted molar refractivity (Wildman–Crippen MR) is 72.9 cm³/mol. The SMILES string of the molecule is COC1CCCCC1Nc1cccc(Cl)c1C. The molecule has 0 saturated heterocycles. The summed E-state index contributed by atoms with van der Waals surface area (Å²) in [5.41, 5.74) is 2.25. The van der Waals surface area contributed by atoms with E-state index in [0.29, 0.717) is 12.1 Å². The van der Waals surface area contributed by atoms with E-state index in [1.54, 1.807) is 7.11 Å². The molecular formula is C14H20ClNO. The molecule has 17 heavy (non-hydrogen) atoms. The lowest BCUT2D eigenvalue weighted by Gasteiger charge is -2.32. The molecule has 3 heteroatoms. The third kappa shape index (κ3) is 2.93. The van der Waals surface area contributed by atoms with E-state index in [1.807, 2.05) is 12.1 Å². The second-order valence-electron chi connectivity index (χ2n) is 4.72. The van der Waals surface area contributed by atoms with Crippen molar-refractivity contribution in [1.82, 2.24) is 0 Å². The van der Waals surface area contributed by atoms with Crippen LogP contribution in [0.1, 0.15) is 31.2 Å². The van der Waals surface area contributed by atoms with Crippen LogP contribution in [0.4, 0.5) is 5.69 Å². The van der Waals surface area contributed by atoms with Crippen molar-refractivity contribution in [2.45, 2.75) is 44.8 Å². The van der Waals surface area contributed by atoms with Crippen LogP contribution in [0.5, 0.6) is 0 Å². The molecule has 0 aliphatic heterocycles. The van der Waals surface area contributed by atoms with Crippen molar-refractivity contribution < 1.29 is 4.74 Å². The highest BCUT2D eigenvalue weighted by atomic mass is 35.5. The molecule has 1 aliphatic rings. The fourth-order valence-corrected chi connectivity index (χ4v) is 2.68. The minimum Gasteiger partial charge on any atom is -0.379 e. The van der Waals surface area contributed by atoms with Crippen molar-refractivity contribution in [3.8, 4) is 0 Å². The predicted octanol–water partition coefficient (Wildman–Crippen LogP) is 4.02.